The third-order valence-electron chi connectivity index (χ3n) is 5.60. The molecule has 1 N–H and O–H groups in total. The zero-order valence-corrected chi connectivity index (χ0v) is 17.8. The Balaban J connectivity index is 1.28. The Morgan fingerprint density at radius 3 is 2.58 bits per heavy atom. The molecule has 2 aliphatic heterocycles. The van der Waals surface area contributed by atoms with Crippen LogP contribution in [0.5, 0.6) is 0 Å². The number of carbonyl (C=O) groups is 4. The van der Waals surface area contributed by atoms with E-state index in [9.17, 15) is 23.6 Å². The number of hydrogen-bond donors (Lipinski definition) is 1. The van der Waals surface area contributed by atoms with Gasteiger partial charge in [0, 0.05) is 13.2 Å². The Labute approximate surface area is 189 Å². The van der Waals surface area contributed by atoms with Gasteiger partial charge in [-0.2, -0.15) is 0 Å². The molecule has 0 bridgehead atoms. The van der Waals surface area contributed by atoms with E-state index in [0.29, 0.717) is 19.6 Å². The molecule has 1 unspecified atom stereocenters. The van der Waals surface area contributed by atoms with Crippen LogP contribution in [0, 0.1) is 5.82 Å². The Morgan fingerprint density at radius 2 is 1.85 bits per heavy atom. The standard InChI is InChI=1S/C24H23FN2O6/c25-17-6-3-15(4-7-17)9-10-26-21(28)14-33-24(31)16-5-8-19-20(12-16)23(30)27(22(19)29)13-18-2-1-11-32-18/h3-8,12,18H,1-2,9-11,13-14H2,(H,26,28). The average molecular weight is 454 g/mol. The molecule has 2 aromatic rings. The Bertz CT molecular complexity index is 1080. The molecular weight excluding hydrogens is 431 g/mol. The first-order valence-corrected chi connectivity index (χ1v) is 10.7. The number of esters is 1. The lowest BCUT2D eigenvalue weighted by molar-refractivity contribution is -0.124. The molecule has 0 saturated carbocycles. The molecule has 0 spiro atoms. The molecule has 33 heavy (non-hydrogen) atoms. The maximum absolute atomic E-state index is 12.9. The molecule has 1 fully saturated rings. The topological polar surface area (TPSA) is 102 Å². The molecule has 1 atom stereocenters. The van der Waals surface area contributed by atoms with Gasteiger partial charge in [-0.1, -0.05) is 12.1 Å². The molecule has 0 radical (unpaired) electrons. The predicted octanol–water partition coefficient (Wildman–Crippen LogP) is 2.12. The van der Waals surface area contributed by atoms with Gasteiger partial charge in [0.15, 0.2) is 6.61 Å². The van der Waals surface area contributed by atoms with Gasteiger partial charge in [-0.05, 0) is 55.2 Å². The van der Waals surface area contributed by atoms with E-state index in [-0.39, 0.29) is 35.2 Å². The molecule has 172 valence electrons. The van der Waals surface area contributed by atoms with Crippen LogP contribution < -0.4 is 5.32 Å². The van der Waals surface area contributed by atoms with Crippen molar-refractivity contribution in [3.05, 3.63) is 70.5 Å². The highest BCUT2D eigenvalue weighted by Crippen LogP contribution is 2.26. The first kappa shape index (κ1) is 22.6. The lowest BCUT2D eigenvalue weighted by atomic mass is 10.1. The van der Waals surface area contributed by atoms with Crippen molar-refractivity contribution in [2.24, 2.45) is 0 Å². The molecule has 4 rings (SSSR count). The number of hydrogen-bond acceptors (Lipinski definition) is 6. The summed E-state index contributed by atoms with van der Waals surface area (Å²) in [5.41, 5.74) is 1.30. The summed E-state index contributed by atoms with van der Waals surface area (Å²) in [4.78, 5) is 50.7. The largest absolute Gasteiger partial charge is 0.452 e. The molecule has 1 saturated heterocycles. The maximum Gasteiger partial charge on any atom is 0.338 e. The van der Waals surface area contributed by atoms with Crippen molar-refractivity contribution < 1.29 is 33.0 Å². The molecule has 3 amide bonds. The minimum Gasteiger partial charge on any atom is -0.452 e. The summed E-state index contributed by atoms with van der Waals surface area (Å²) in [7, 11) is 0. The second-order valence-corrected chi connectivity index (χ2v) is 7.92. The van der Waals surface area contributed by atoms with Crippen LogP contribution in [0.4, 0.5) is 4.39 Å². The highest BCUT2D eigenvalue weighted by atomic mass is 19.1. The van der Waals surface area contributed by atoms with Crippen molar-refractivity contribution in [1.82, 2.24) is 10.2 Å². The van der Waals surface area contributed by atoms with Gasteiger partial charge in [-0.3, -0.25) is 19.3 Å². The van der Waals surface area contributed by atoms with Gasteiger partial charge < -0.3 is 14.8 Å². The minimum atomic E-state index is -0.774. The number of amides is 3. The van der Waals surface area contributed by atoms with Crippen molar-refractivity contribution in [2.75, 3.05) is 26.3 Å². The lowest BCUT2D eigenvalue weighted by Crippen LogP contribution is -2.36. The predicted molar refractivity (Wildman–Crippen MR) is 114 cm³/mol. The molecule has 2 heterocycles. The third kappa shape index (κ3) is 5.25. The zero-order chi connectivity index (χ0) is 23.4. The summed E-state index contributed by atoms with van der Waals surface area (Å²) in [6.07, 6.45) is 2.02. The number of nitrogens with zero attached hydrogens (tertiary/aromatic N) is 1. The molecule has 9 heteroatoms. The van der Waals surface area contributed by atoms with E-state index >= 15 is 0 Å². The summed E-state index contributed by atoms with van der Waals surface area (Å²) in [6, 6.07) is 10.1. The fraction of sp³-hybridized carbons (Fsp3) is 0.333. The van der Waals surface area contributed by atoms with Crippen molar-refractivity contribution in [3.8, 4) is 0 Å². The van der Waals surface area contributed by atoms with Gasteiger partial charge in [0.25, 0.3) is 17.7 Å². The minimum absolute atomic E-state index is 0.0768. The average Bonchev–Trinajstić information content (AvgIpc) is 3.41. The molecule has 0 aliphatic carbocycles. The quantitative estimate of drug-likeness (QED) is 0.484. The molecule has 2 aromatic carbocycles. The van der Waals surface area contributed by atoms with Gasteiger partial charge in [-0.25, -0.2) is 9.18 Å². The SMILES string of the molecule is O=C(COC(=O)c1ccc2c(c1)C(=O)N(CC1CCCO1)C2=O)NCCc1ccc(F)cc1. The highest BCUT2D eigenvalue weighted by Gasteiger charge is 2.38. The first-order chi connectivity index (χ1) is 15.9. The van der Waals surface area contributed by atoms with Crippen LogP contribution in [0.25, 0.3) is 0 Å². The fourth-order valence-corrected chi connectivity index (χ4v) is 3.84. The third-order valence-corrected chi connectivity index (χ3v) is 5.60. The van der Waals surface area contributed by atoms with Crippen LogP contribution in [0.15, 0.2) is 42.5 Å². The number of fused-ring (bicyclic) bond motifs is 1. The number of nitrogens with one attached hydrogen (secondary N) is 1. The number of benzene rings is 2. The summed E-state index contributed by atoms with van der Waals surface area (Å²) in [5, 5.41) is 2.62. The van der Waals surface area contributed by atoms with E-state index in [2.05, 4.69) is 5.32 Å². The first-order valence-electron chi connectivity index (χ1n) is 10.7. The monoisotopic (exact) mass is 454 g/mol. The molecule has 8 nitrogen and oxygen atoms in total. The number of rotatable bonds is 8. The molecule has 2 aliphatic rings. The van der Waals surface area contributed by atoms with Gasteiger partial charge in [0.05, 0.1) is 29.3 Å². The summed E-state index contributed by atoms with van der Waals surface area (Å²) in [5.74, 6) is -2.47. The van der Waals surface area contributed by atoms with Crippen LogP contribution in [-0.4, -0.2) is 61.0 Å². The van der Waals surface area contributed by atoms with Crippen LogP contribution >= 0.6 is 0 Å². The van der Waals surface area contributed by atoms with Crippen molar-refractivity contribution >= 4 is 23.7 Å². The van der Waals surface area contributed by atoms with E-state index in [0.717, 1.165) is 23.3 Å². The number of ether oxygens (including phenoxy) is 2. The second kappa shape index (κ2) is 9.91. The van der Waals surface area contributed by atoms with Crippen LogP contribution in [0.3, 0.4) is 0 Å². The van der Waals surface area contributed by atoms with Gasteiger partial charge in [-0.15, -0.1) is 0 Å². The van der Waals surface area contributed by atoms with E-state index < -0.39 is 30.3 Å². The van der Waals surface area contributed by atoms with Crippen molar-refractivity contribution in [3.63, 3.8) is 0 Å². The Morgan fingerprint density at radius 1 is 1.09 bits per heavy atom. The number of carbonyl (C=O) groups excluding carboxylic acids is 4. The smallest absolute Gasteiger partial charge is 0.338 e. The van der Waals surface area contributed by atoms with Gasteiger partial charge in [0.1, 0.15) is 5.82 Å². The van der Waals surface area contributed by atoms with E-state index in [1.165, 1.54) is 30.3 Å². The zero-order valence-electron chi connectivity index (χ0n) is 17.8. The van der Waals surface area contributed by atoms with Crippen molar-refractivity contribution in [1.29, 1.82) is 0 Å². The highest BCUT2D eigenvalue weighted by molar-refractivity contribution is 6.22. The van der Waals surface area contributed by atoms with Gasteiger partial charge in [0.2, 0.25) is 0 Å². The summed E-state index contributed by atoms with van der Waals surface area (Å²) in [6.45, 7) is 0.614. The lowest BCUT2D eigenvalue weighted by Gasteiger charge is -2.17. The van der Waals surface area contributed by atoms with E-state index in [1.54, 1.807) is 12.1 Å². The fourth-order valence-electron chi connectivity index (χ4n) is 3.84. The number of imide groups is 1. The van der Waals surface area contributed by atoms with Crippen LogP contribution in [0.2, 0.25) is 0 Å². The van der Waals surface area contributed by atoms with Crippen LogP contribution in [-0.2, 0) is 20.7 Å². The maximum atomic E-state index is 12.9. The number of halogens is 1. The normalized spacial score (nSPS) is 17.2. The van der Waals surface area contributed by atoms with Gasteiger partial charge >= 0.3 is 5.97 Å². The summed E-state index contributed by atoms with van der Waals surface area (Å²) < 4.78 is 23.5. The Hall–Kier alpha value is -3.59. The molecular formula is C24H23FN2O6. The van der Waals surface area contributed by atoms with Crippen LogP contribution in [0.1, 0.15) is 49.5 Å². The van der Waals surface area contributed by atoms with Crippen molar-refractivity contribution in [2.45, 2.75) is 25.4 Å². The van der Waals surface area contributed by atoms with E-state index in [1.807, 2.05) is 0 Å². The second-order valence-electron chi connectivity index (χ2n) is 7.92. The van der Waals surface area contributed by atoms with E-state index in [4.69, 9.17) is 9.47 Å². The summed E-state index contributed by atoms with van der Waals surface area (Å²) >= 11 is 0. The Kier molecular flexibility index (Phi) is 6.79. The molecule has 0 aromatic heterocycles.